The van der Waals surface area contributed by atoms with Crippen molar-refractivity contribution in [3.05, 3.63) is 109 Å². The first kappa shape index (κ1) is 19.3. The molecule has 160 valence electrons. The van der Waals surface area contributed by atoms with Gasteiger partial charge in [0.05, 0.1) is 11.0 Å². The molecule has 0 saturated heterocycles. The van der Waals surface area contributed by atoms with Crippen molar-refractivity contribution in [1.29, 1.82) is 0 Å². The van der Waals surface area contributed by atoms with Crippen molar-refractivity contribution in [3.8, 4) is 22.9 Å². The van der Waals surface area contributed by atoms with E-state index in [0.717, 1.165) is 44.1 Å². The molecule has 0 atom stereocenters. The van der Waals surface area contributed by atoms with E-state index in [-0.39, 0.29) is 11.5 Å². The Morgan fingerprint density at radius 1 is 0.667 bits per heavy atom. The number of ether oxygens (including phenoxy) is 1. The zero-order chi connectivity index (χ0) is 22.4. The molecule has 0 spiro atoms. The molecule has 2 N–H and O–H groups in total. The second-order valence-corrected chi connectivity index (χ2v) is 8.15. The minimum absolute atomic E-state index is 0.193. The van der Waals surface area contributed by atoms with Gasteiger partial charge in [0.15, 0.2) is 0 Å². The standard InChI is InChI=1S/C29H21NO3/c31-22-12-15-27-25(17-22)26-16-20-8-4-5-9-24(20)29(32)28(26)30(27)21-10-13-23(14-11-21)33-18-19-6-2-1-3-7-19/h1-17,31-32H,18H2. The van der Waals surface area contributed by atoms with Crippen molar-refractivity contribution in [2.45, 2.75) is 6.61 Å². The highest BCUT2D eigenvalue weighted by Gasteiger charge is 2.18. The molecule has 1 aromatic heterocycles. The summed E-state index contributed by atoms with van der Waals surface area (Å²) in [7, 11) is 0. The average Bonchev–Trinajstić information content (AvgIpc) is 3.17. The van der Waals surface area contributed by atoms with Gasteiger partial charge >= 0.3 is 0 Å². The van der Waals surface area contributed by atoms with Crippen LogP contribution in [0.4, 0.5) is 0 Å². The highest BCUT2D eigenvalue weighted by atomic mass is 16.5. The van der Waals surface area contributed by atoms with Crippen LogP contribution >= 0.6 is 0 Å². The van der Waals surface area contributed by atoms with Crippen LogP contribution in [0.25, 0.3) is 38.3 Å². The Balaban J connectivity index is 1.50. The Hall–Kier alpha value is -4.44. The SMILES string of the molecule is Oc1ccc2c(c1)c1cc3ccccc3c(O)c1n2-c1ccc(OCc2ccccc2)cc1. The molecule has 0 unspecified atom stereocenters. The molecule has 6 aromatic rings. The molecule has 0 bridgehead atoms. The molecule has 0 fully saturated rings. The van der Waals surface area contributed by atoms with Gasteiger partial charge in [0.1, 0.15) is 23.9 Å². The van der Waals surface area contributed by atoms with Crippen molar-refractivity contribution in [3.63, 3.8) is 0 Å². The Kier molecular flexibility index (Phi) is 4.44. The lowest BCUT2D eigenvalue weighted by molar-refractivity contribution is 0.306. The first-order valence-corrected chi connectivity index (χ1v) is 10.8. The summed E-state index contributed by atoms with van der Waals surface area (Å²) < 4.78 is 7.98. The van der Waals surface area contributed by atoms with Crippen LogP contribution in [-0.4, -0.2) is 14.8 Å². The zero-order valence-corrected chi connectivity index (χ0v) is 17.8. The third kappa shape index (κ3) is 3.24. The number of rotatable bonds is 4. The molecule has 0 aliphatic rings. The van der Waals surface area contributed by atoms with Gasteiger partial charge < -0.3 is 19.5 Å². The quantitative estimate of drug-likeness (QED) is 0.318. The predicted molar refractivity (Wildman–Crippen MR) is 132 cm³/mol. The van der Waals surface area contributed by atoms with E-state index in [1.54, 1.807) is 12.1 Å². The summed E-state index contributed by atoms with van der Waals surface area (Å²) in [5.74, 6) is 1.19. The smallest absolute Gasteiger partial charge is 0.148 e. The van der Waals surface area contributed by atoms with Gasteiger partial charge in [0.2, 0.25) is 0 Å². The molecule has 0 aliphatic heterocycles. The minimum atomic E-state index is 0.193. The fourth-order valence-electron chi connectivity index (χ4n) is 4.50. The lowest BCUT2D eigenvalue weighted by Gasteiger charge is -2.12. The second-order valence-electron chi connectivity index (χ2n) is 8.15. The number of hydrogen-bond acceptors (Lipinski definition) is 3. The van der Waals surface area contributed by atoms with Crippen LogP contribution in [0.15, 0.2) is 103 Å². The summed E-state index contributed by atoms with van der Waals surface area (Å²) in [6.07, 6.45) is 0. The van der Waals surface area contributed by atoms with E-state index in [4.69, 9.17) is 4.74 Å². The van der Waals surface area contributed by atoms with Crippen molar-refractivity contribution < 1.29 is 14.9 Å². The maximum Gasteiger partial charge on any atom is 0.148 e. The van der Waals surface area contributed by atoms with Gasteiger partial charge in [-0.15, -0.1) is 0 Å². The molecule has 0 saturated carbocycles. The van der Waals surface area contributed by atoms with E-state index in [2.05, 4.69) is 6.07 Å². The van der Waals surface area contributed by atoms with Crippen molar-refractivity contribution in [2.24, 2.45) is 0 Å². The molecule has 6 rings (SSSR count). The number of aromatic hydroxyl groups is 2. The van der Waals surface area contributed by atoms with E-state index >= 15 is 0 Å². The number of hydrogen-bond donors (Lipinski definition) is 2. The number of nitrogens with zero attached hydrogens (tertiary/aromatic N) is 1. The Labute approximate surface area is 190 Å². The number of phenolic OH excluding ortho intramolecular Hbond substituents is 2. The summed E-state index contributed by atoms with van der Waals surface area (Å²) in [6, 6.07) is 33.1. The van der Waals surface area contributed by atoms with E-state index in [1.165, 1.54) is 0 Å². The minimum Gasteiger partial charge on any atom is -0.508 e. The van der Waals surface area contributed by atoms with Gasteiger partial charge in [-0.1, -0.05) is 54.6 Å². The first-order valence-electron chi connectivity index (χ1n) is 10.8. The molecule has 4 nitrogen and oxygen atoms in total. The average molecular weight is 431 g/mol. The zero-order valence-electron chi connectivity index (χ0n) is 17.8. The number of benzene rings is 5. The molecule has 0 aliphatic carbocycles. The number of fused-ring (bicyclic) bond motifs is 4. The highest BCUT2D eigenvalue weighted by Crippen LogP contribution is 2.42. The van der Waals surface area contributed by atoms with Crippen LogP contribution in [0.3, 0.4) is 0 Å². The first-order chi connectivity index (χ1) is 16.2. The molecular formula is C29H21NO3. The molecule has 5 aromatic carbocycles. The summed E-state index contributed by atoms with van der Waals surface area (Å²) >= 11 is 0. The van der Waals surface area contributed by atoms with E-state index in [9.17, 15) is 10.2 Å². The van der Waals surface area contributed by atoms with Crippen molar-refractivity contribution >= 4 is 32.6 Å². The maximum atomic E-state index is 11.3. The van der Waals surface area contributed by atoms with Crippen molar-refractivity contribution in [1.82, 2.24) is 4.57 Å². The normalized spacial score (nSPS) is 11.4. The van der Waals surface area contributed by atoms with Crippen LogP contribution in [0.1, 0.15) is 5.56 Å². The van der Waals surface area contributed by atoms with Gasteiger partial charge in [-0.05, 0) is 59.5 Å². The van der Waals surface area contributed by atoms with Gasteiger partial charge in [-0.2, -0.15) is 0 Å². The van der Waals surface area contributed by atoms with E-state index in [0.29, 0.717) is 12.1 Å². The van der Waals surface area contributed by atoms with E-state index in [1.807, 2.05) is 89.5 Å². The fraction of sp³-hybridized carbons (Fsp3) is 0.0345. The Morgan fingerprint density at radius 2 is 1.42 bits per heavy atom. The predicted octanol–water partition coefficient (Wildman–Crippen LogP) is 6.93. The molecule has 0 radical (unpaired) electrons. The van der Waals surface area contributed by atoms with Crippen LogP contribution in [-0.2, 0) is 6.61 Å². The highest BCUT2D eigenvalue weighted by molar-refractivity contribution is 6.17. The second kappa shape index (κ2) is 7.61. The summed E-state index contributed by atoms with van der Waals surface area (Å²) in [6.45, 7) is 0.502. The van der Waals surface area contributed by atoms with Crippen molar-refractivity contribution in [2.75, 3.05) is 0 Å². The van der Waals surface area contributed by atoms with Crippen LogP contribution in [0.5, 0.6) is 17.2 Å². The maximum absolute atomic E-state index is 11.3. The van der Waals surface area contributed by atoms with Gasteiger partial charge in [0, 0.05) is 21.8 Å². The van der Waals surface area contributed by atoms with Gasteiger partial charge in [-0.25, -0.2) is 0 Å². The lowest BCUT2D eigenvalue weighted by Crippen LogP contribution is -1.97. The summed E-state index contributed by atoms with van der Waals surface area (Å²) in [4.78, 5) is 0. The van der Waals surface area contributed by atoms with Gasteiger partial charge in [0.25, 0.3) is 0 Å². The fourth-order valence-corrected chi connectivity index (χ4v) is 4.50. The third-order valence-electron chi connectivity index (χ3n) is 6.07. The third-order valence-corrected chi connectivity index (χ3v) is 6.07. The molecule has 0 amide bonds. The van der Waals surface area contributed by atoms with Crippen LogP contribution in [0, 0.1) is 0 Å². The molecule has 4 heteroatoms. The van der Waals surface area contributed by atoms with Gasteiger partial charge in [-0.3, -0.25) is 0 Å². The molecule has 1 heterocycles. The topological polar surface area (TPSA) is 54.6 Å². The summed E-state index contributed by atoms with van der Waals surface area (Å²) in [5.41, 5.74) is 3.64. The number of phenols is 2. The number of aromatic nitrogens is 1. The van der Waals surface area contributed by atoms with Crippen LogP contribution in [0.2, 0.25) is 0 Å². The van der Waals surface area contributed by atoms with Crippen LogP contribution < -0.4 is 4.74 Å². The monoisotopic (exact) mass is 431 g/mol. The van der Waals surface area contributed by atoms with E-state index < -0.39 is 0 Å². The Bertz CT molecular complexity index is 1620. The Morgan fingerprint density at radius 3 is 2.24 bits per heavy atom. The molecule has 33 heavy (non-hydrogen) atoms. The lowest BCUT2D eigenvalue weighted by atomic mass is 10.0. The molecular weight excluding hydrogens is 410 g/mol. The largest absolute Gasteiger partial charge is 0.508 e. The summed E-state index contributed by atoms with van der Waals surface area (Å²) in [5, 5.41) is 25.0.